The number of thiazole rings is 1. The Kier molecular flexibility index (Phi) is 3.28. The van der Waals surface area contributed by atoms with Gasteiger partial charge in [-0.1, -0.05) is 0 Å². The predicted octanol–water partition coefficient (Wildman–Crippen LogP) is 3.02. The number of rotatable bonds is 3. The highest BCUT2D eigenvalue weighted by molar-refractivity contribution is 7.11. The zero-order valence-corrected chi connectivity index (χ0v) is 10.8. The lowest BCUT2D eigenvalue weighted by atomic mass is 10.4. The van der Waals surface area contributed by atoms with Gasteiger partial charge in [0.25, 0.3) is 0 Å². The molecule has 0 radical (unpaired) electrons. The van der Waals surface area contributed by atoms with Crippen LogP contribution in [0, 0.1) is 20.8 Å². The summed E-state index contributed by atoms with van der Waals surface area (Å²) in [6.45, 7) is 5.91. The lowest BCUT2D eigenvalue weighted by Crippen LogP contribution is -2.03. The van der Waals surface area contributed by atoms with Crippen molar-refractivity contribution in [2.24, 2.45) is 0 Å². The summed E-state index contributed by atoms with van der Waals surface area (Å²) in [6, 6.07) is 3.34. The number of aromatic nitrogens is 1. The van der Waals surface area contributed by atoms with Gasteiger partial charge in [-0.2, -0.15) is 0 Å². The summed E-state index contributed by atoms with van der Waals surface area (Å²) in [6.07, 6.45) is 0. The van der Waals surface area contributed by atoms with E-state index < -0.39 is 5.97 Å². The Balaban J connectivity index is 1.96. The summed E-state index contributed by atoms with van der Waals surface area (Å²) in [5.74, 6) is 0.467. The van der Waals surface area contributed by atoms with Crippen molar-refractivity contribution >= 4 is 17.3 Å². The molecule has 0 saturated heterocycles. The highest BCUT2D eigenvalue weighted by Gasteiger charge is 2.13. The van der Waals surface area contributed by atoms with Crippen molar-refractivity contribution in [3.05, 3.63) is 39.2 Å². The van der Waals surface area contributed by atoms with E-state index in [1.807, 2.05) is 13.8 Å². The first kappa shape index (κ1) is 11.9. The van der Waals surface area contributed by atoms with Gasteiger partial charge in [0.15, 0.2) is 0 Å². The van der Waals surface area contributed by atoms with Crippen LogP contribution < -0.4 is 0 Å². The molecule has 0 aromatic carbocycles. The monoisotopic (exact) mass is 251 g/mol. The lowest BCUT2D eigenvalue weighted by Gasteiger charge is -1.99. The van der Waals surface area contributed by atoms with E-state index >= 15 is 0 Å². The zero-order chi connectivity index (χ0) is 12.4. The lowest BCUT2D eigenvalue weighted by molar-refractivity contribution is 0.0434. The molecule has 2 aromatic heterocycles. The van der Waals surface area contributed by atoms with Crippen molar-refractivity contribution in [3.63, 3.8) is 0 Å². The number of carbonyl (C=O) groups is 1. The molecule has 0 amide bonds. The third-order valence-corrected chi connectivity index (χ3v) is 3.39. The summed E-state index contributed by atoms with van der Waals surface area (Å²) < 4.78 is 10.3. The molecular formula is C12H13NO3S. The summed E-state index contributed by atoms with van der Waals surface area (Å²) in [7, 11) is 0. The largest absolute Gasteiger partial charge is 0.454 e. The molecule has 2 rings (SSSR count). The first-order valence-corrected chi connectivity index (χ1v) is 6.04. The number of hydrogen-bond acceptors (Lipinski definition) is 5. The van der Waals surface area contributed by atoms with Gasteiger partial charge >= 0.3 is 5.97 Å². The summed E-state index contributed by atoms with van der Waals surface area (Å²) in [5.41, 5.74) is 0.981. The highest BCUT2D eigenvalue weighted by Crippen LogP contribution is 2.18. The second-order valence-corrected chi connectivity index (χ2v) is 5.02. The predicted molar refractivity (Wildman–Crippen MR) is 64.2 cm³/mol. The Morgan fingerprint density at radius 3 is 2.71 bits per heavy atom. The average Bonchev–Trinajstić information content (AvgIpc) is 2.83. The smallest absolute Gasteiger partial charge is 0.374 e. The fraction of sp³-hybridized carbons (Fsp3) is 0.333. The first-order chi connectivity index (χ1) is 8.06. The van der Waals surface area contributed by atoms with E-state index in [0.29, 0.717) is 5.76 Å². The van der Waals surface area contributed by atoms with Crippen LogP contribution in [0.25, 0.3) is 0 Å². The van der Waals surface area contributed by atoms with E-state index in [4.69, 9.17) is 9.15 Å². The van der Waals surface area contributed by atoms with Gasteiger partial charge < -0.3 is 9.15 Å². The van der Waals surface area contributed by atoms with Crippen LogP contribution >= 0.6 is 11.3 Å². The van der Waals surface area contributed by atoms with Crippen molar-refractivity contribution in [3.8, 4) is 0 Å². The van der Waals surface area contributed by atoms with Crippen molar-refractivity contribution in [2.75, 3.05) is 0 Å². The maximum atomic E-state index is 11.6. The van der Waals surface area contributed by atoms with Crippen LogP contribution in [-0.4, -0.2) is 11.0 Å². The number of hydrogen-bond donors (Lipinski definition) is 0. The normalized spacial score (nSPS) is 10.5. The van der Waals surface area contributed by atoms with Crippen LogP contribution in [0.4, 0.5) is 0 Å². The minimum atomic E-state index is -0.455. The fourth-order valence-corrected chi connectivity index (χ4v) is 2.19. The highest BCUT2D eigenvalue weighted by atomic mass is 32.1. The number of ether oxygens (including phenoxy) is 1. The first-order valence-electron chi connectivity index (χ1n) is 5.22. The Bertz CT molecular complexity index is 522. The molecule has 90 valence electrons. The Morgan fingerprint density at radius 1 is 1.41 bits per heavy atom. The second kappa shape index (κ2) is 4.71. The molecule has 2 aromatic rings. The van der Waals surface area contributed by atoms with Crippen molar-refractivity contribution in [1.29, 1.82) is 0 Å². The molecule has 0 N–H and O–H groups in total. The molecule has 4 nitrogen and oxygen atoms in total. The quantitative estimate of drug-likeness (QED) is 0.787. The molecule has 0 unspecified atom stereocenters. The molecule has 0 spiro atoms. The SMILES string of the molecule is Cc1ccc(C(=O)OCc2nc(C)c(C)s2)o1. The molecular weight excluding hydrogens is 238 g/mol. The average molecular weight is 251 g/mol. The van der Waals surface area contributed by atoms with Crippen LogP contribution in [0.2, 0.25) is 0 Å². The summed E-state index contributed by atoms with van der Waals surface area (Å²) in [5, 5.41) is 0.802. The van der Waals surface area contributed by atoms with Gasteiger partial charge in [-0.05, 0) is 32.9 Å². The summed E-state index contributed by atoms with van der Waals surface area (Å²) >= 11 is 1.54. The van der Waals surface area contributed by atoms with Crippen molar-refractivity contribution in [1.82, 2.24) is 4.98 Å². The van der Waals surface area contributed by atoms with Gasteiger partial charge in [-0.15, -0.1) is 11.3 Å². The summed E-state index contributed by atoms with van der Waals surface area (Å²) in [4.78, 5) is 17.0. The number of carbonyl (C=O) groups excluding carboxylic acids is 1. The Hall–Kier alpha value is -1.62. The van der Waals surface area contributed by atoms with E-state index in [9.17, 15) is 4.79 Å². The van der Waals surface area contributed by atoms with Gasteiger partial charge in [-0.3, -0.25) is 0 Å². The molecule has 0 fully saturated rings. The molecule has 0 aliphatic carbocycles. The maximum absolute atomic E-state index is 11.6. The minimum absolute atomic E-state index is 0.192. The molecule has 5 heteroatoms. The van der Waals surface area contributed by atoms with E-state index in [-0.39, 0.29) is 12.4 Å². The zero-order valence-electron chi connectivity index (χ0n) is 9.94. The van der Waals surface area contributed by atoms with Gasteiger partial charge in [0.1, 0.15) is 17.4 Å². The van der Waals surface area contributed by atoms with Gasteiger partial charge in [0, 0.05) is 4.88 Å². The molecule has 2 heterocycles. The molecule has 0 atom stereocenters. The fourth-order valence-electron chi connectivity index (χ4n) is 1.34. The standard InChI is InChI=1S/C12H13NO3S/c1-7-4-5-10(16-7)12(14)15-6-11-13-8(2)9(3)17-11/h4-5H,6H2,1-3H3. The third-order valence-electron chi connectivity index (χ3n) is 2.34. The van der Waals surface area contributed by atoms with Crippen LogP contribution in [0.3, 0.4) is 0 Å². The number of esters is 1. The number of aryl methyl sites for hydroxylation is 3. The second-order valence-electron chi connectivity index (χ2n) is 3.74. The van der Waals surface area contributed by atoms with Crippen molar-refractivity contribution in [2.45, 2.75) is 27.4 Å². The van der Waals surface area contributed by atoms with E-state index in [2.05, 4.69) is 4.98 Å². The number of nitrogens with zero attached hydrogens (tertiary/aromatic N) is 1. The number of furan rings is 1. The minimum Gasteiger partial charge on any atom is -0.454 e. The molecule has 0 aliphatic heterocycles. The van der Waals surface area contributed by atoms with Gasteiger partial charge in [0.2, 0.25) is 5.76 Å². The topological polar surface area (TPSA) is 52.3 Å². The van der Waals surface area contributed by atoms with Crippen molar-refractivity contribution < 1.29 is 13.9 Å². The van der Waals surface area contributed by atoms with E-state index in [1.165, 1.54) is 11.3 Å². The van der Waals surface area contributed by atoms with Gasteiger partial charge in [-0.25, -0.2) is 9.78 Å². The van der Waals surface area contributed by atoms with Crippen LogP contribution in [0.5, 0.6) is 0 Å². The Labute approximate surface area is 103 Å². The molecule has 0 bridgehead atoms. The van der Waals surface area contributed by atoms with E-state index in [1.54, 1.807) is 19.1 Å². The molecule has 17 heavy (non-hydrogen) atoms. The molecule has 0 saturated carbocycles. The third kappa shape index (κ3) is 2.74. The van der Waals surface area contributed by atoms with Gasteiger partial charge in [0.05, 0.1) is 5.69 Å². The van der Waals surface area contributed by atoms with Crippen LogP contribution in [0.1, 0.15) is 31.9 Å². The van der Waals surface area contributed by atoms with E-state index in [0.717, 1.165) is 15.6 Å². The van der Waals surface area contributed by atoms with Crippen LogP contribution in [-0.2, 0) is 11.3 Å². The van der Waals surface area contributed by atoms with Crippen LogP contribution in [0.15, 0.2) is 16.5 Å². The Morgan fingerprint density at radius 2 is 2.18 bits per heavy atom. The maximum Gasteiger partial charge on any atom is 0.374 e. The molecule has 0 aliphatic rings.